The van der Waals surface area contributed by atoms with Crippen molar-refractivity contribution in [2.24, 2.45) is 5.41 Å². The van der Waals surface area contributed by atoms with E-state index in [1.54, 1.807) is 0 Å². The minimum atomic E-state index is 0.0139. The number of aromatic nitrogens is 2. The molecule has 0 amide bonds. The Morgan fingerprint density at radius 1 is 1.26 bits per heavy atom. The molecule has 2 N–H and O–H groups in total. The van der Waals surface area contributed by atoms with Crippen LogP contribution in [0.25, 0.3) is 0 Å². The van der Waals surface area contributed by atoms with Crippen LogP contribution in [0.15, 0.2) is 12.4 Å². The lowest BCUT2D eigenvalue weighted by Crippen LogP contribution is -2.35. The van der Waals surface area contributed by atoms with Crippen molar-refractivity contribution in [2.45, 2.75) is 66.1 Å². The first-order valence-electron chi connectivity index (χ1n) is 7.00. The maximum Gasteiger partial charge on any atom is 0.0584 e. The van der Waals surface area contributed by atoms with E-state index in [1.807, 2.05) is 10.9 Å². The highest BCUT2D eigenvalue weighted by molar-refractivity contribution is 5.05. The van der Waals surface area contributed by atoms with Gasteiger partial charge in [-0.15, -0.1) is 0 Å². The number of hydrogen-bond donors (Lipinski definition) is 2. The van der Waals surface area contributed by atoms with E-state index >= 15 is 0 Å². The van der Waals surface area contributed by atoms with Gasteiger partial charge in [0.15, 0.2) is 0 Å². The van der Waals surface area contributed by atoms with Gasteiger partial charge in [-0.1, -0.05) is 20.8 Å². The quantitative estimate of drug-likeness (QED) is 0.862. The van der Waals surface area contributed by atoms with Crippen molar-refractivity contribution in [1.29, 1.82) is 0 Å². The third-order valence-corrected chi connectivity index (χ3v) is 3.00. The molecule has 0 saturated carbocycles. The Bertz CT molecular complexity index is 385. The van der Waals surface area contributed by atoms with Gasteiger partial charge in [0.25, 0.3) is 0 Å². The highest BCUT2D eigenvalue weighted by Crippen LogP contribution is 2.21. The van der Waals surface area contributed by atoms with Crippen molar-refractivity contribution in [3.8, 4) is 0 Å². The van der Waals surface area contributed by atoms with E-state index in [9.17, 15) is 5.11 Å². The molecule has 0 saturated heterocycles. The van der Waals surface area contributed by atoms with Crippen LogP contribution in [0, 0.1) is 5.41 Å². The first kappa shape index (κ1) is 16.2. The normalized spacial score (nSPS) is 14.7. The molecule has 1 aromatic rings. The molecule has 19 heavy (non-hydrogen) atoms. The van der Waals surface area contributed by atoms with Gasteiger partial charge in [-0.2, -0.15) is 5.10 Å². The first-order chi connectivity index (χ1) is 8.62. The maximum atomic E-state index is 9.42. The van der Waals surface area contributed by atoms with Crippen molar-refractivity contribution in [1.82, 2.24) is 15.1 Å². The Hall–Kier alpha value is -0.870. The van der Waals surface area contributed by atoms with Gasteiger partial charge in [0.1, 0.15) is 0 Å². The van der Waals surface area contributed by atoms with Crippen LogP contribution in [0.2, 0.25) is 0 Å². The van der Waals surface area contributed by atoms with Gasteiger partial charge in [-0.25, -0.2) is 0 Å². The van der Waals surface area contributed by atoms with E-state index in [0.29, 0.717) is 0 Å². The summed E-state index contributed by atoms with van der Waals surface area (Å²) in [5.41, 5.74) is 1.39. The smallest absolute Gasteiger partial charge is 0.0584 e. The molecule has 0 aliphatic carbocycles. The average molecular weight is 267 g/mol. The summed E-state index contributed by atoms with van der Waals surface area (Å²) in [6, 6.07) is 0.137. The molecule has 0 fully saturated rings. The third kappa shape index (κ3) is 5.74. The van der Waals surface area contributed by atoms with Crippen LogP contribution in [-0.2, 0) is 12.1 Å². The van der Waals surface area contributed by atoms with Crippen molar-refractivity contribution in [3.63, 3.8) is 0 Å². The number of aliphatic hydroxyl groups excluding tert-OH is 1. The molecular formula is C15H29N3O. The number of hydrogen-bond acceptors (Lipinski definition) is 3. The lowest BCUT2D eigenvalue weighted by Gasteiger charge is -2.25. The molecule has 0 aliphatic rings. The monoisotopic (exact) mass is 267 g/mol. The molecule has 1 aromatic heterocycles. The fraction of sp³-hybridized carbons (Fsp3) is 0.800. The fourth-order valence-corrected chi connectivity index (χ4v) is 2.02. The summed E-state index contributed by atoms with van der Waals surface area (Å²) in [5, 5.41) is 17.2. The standard InChI is InChI=1S/C15H29N3O/c1-14(2,3)7-13(11-19)16-8-12-9-17-18(10-12)15(4,5)6/h9-10,13,16,19H,7-8,11H2,1-6H3. The van der Waals surface area contributed by atoms with Gasteiger partial charge < -0.3 is 10.4 Å². The number of nitrogens with one attached hydrogen (secondary N) is 1. The van der Waals surface area contributed by atoms with E-state index in [1.165, 1.54) is 0 Å². The predicted octanol–water partition coefficient (Wildman–Crippen LogP) is 2.52. The highest BCUT2D eigenvalue weighted by Gasteiger charge is 2.18. The summed E-state index contributed by atoms with van der Waals surface area (Å²) in [4.78, 5) is 0. The van der Waals surface area contributed by atoms with Crippen LogP contribution in [-0.4, -0.2) is 27.5 Å². The van der Waals surface area contributed by atoms with Crippen LogP contribution >= 0.6 is 0 Å². The van der Waals surface area contributed by atoms with Crippen LogP contribution in [0.1, 0.15) is 53.5 Å². The Kier molecular flexibility index (Phi) is 5.16. The summed E-state index contributed by atoms with van der Waals surface area (Å²) in [5.74, 6) is 0. The number of nitrogens with zero attached hydrogens (tertiary/aromatic N) is 2. The van der Waals surface area contributed by atoms with E-state index in [0.717, 1.165) is 18.5 Å². The highest BCUT2D eigenvalue weighted by atomic mass is 16.3. The molecule has 0 bridgehead atoms. The van der Waals surface area contributed by atoms with E-state index in [-0.39, 0.29) is 23.6 Å². The Morgan fingerprint density at radius 2 is 1.89 bits per heavy atom. The molecule has 0 aliphatic heterocycles. The van der Waals surface area contributed by atoms with E-state index < -0.39 is 0 Å². The average Bonchev–Trinajstić information content (AvgIpc) is 2.70. The van der Waals surface area contributed by atoms with Gasteiger partial charge in [0.05, 0.1) is 18.3 Å². The molecule has 1 unspecified atom stereocenters. The van der Waals surface area contributed by atoms with E-state index in [4.69, 9.17) is 0 Å². The fourth-order valence-electron chi connectivity index (χ4n) is 2.02. The van der Waals surface area contributed by atoms with Gasteiger partial charge >= 0.3 is 0 Å². The molecule has 1 atom stereocenters. The maximum absolute atomic E-state index is 9.42. The molecule has 4 nitrogen and oxygen atoms in total. The number of aliphatic hydroxyl groups is 1. The summed E-state index contributed by atoms with van der Waals surface area (Å²) in [6.45, 7) is 13.9. The van der Waals surface area contributed by atoms with Crippen LogP contribution in [0.5, 0.6) is 0 Å². The van der Waals surface area contributed by atoms with Crippen molar-refractivity contribution in [2.75, 3.05) is 6.61 Å². The largest absolute Gasteiger partial charge is 0.395 e. The molecule has 110 valence electrons. The van der Waals surface area contributed by atoms with Gasteiger partial charge in [0, 0.05) is 24.3 Å². The molecule has 4 heteroatoms. The third-order valence-electron chi connectivity index (χ3n) is 3.00. The molecule has 1 heterocycles. The van der Waals surface area contributed by atoms with Crippen molar-refractivity contribution in [3.05, 3.63) is 18.0 Å². The summed E-state index contributed by atoms with van der Waals surface area (Å²) < 4.78 is 1.97. The van der Waals surface area contributed by atoms with Gasteiger partial charge in [-0.3, -0.25) is 4.68 Å². The minimum absolute atomic E-state index is 0.0139. The summed E-state index contributed by atoms with van der Waals surface area (Å²) in [6.07, 6.45) is 4.92. The molecule has 0 radical (unpaired) electrons. The molecule has 1 rings (SSSR count). The van der Waals surface area contributed by atoms with E-state index in [2.05, 4.69) is 58.2 Å². The minimum Gasteiger partial charge on any atom is -0.395 e. The Morgan fingerprint density at radius 3 is 2.32 bits per heavy atom. The Labute approximate surface area is 117 Å². The molecule has 0 aromatic carbocycles. The van der Waals surface area contributed by atoms with Gasteiger partial charge in [0.2, 0.25) is 0 Å². The van der Waals surface area contributed by atoms with Gasteiger partial charge in [-0.05, 0) is 32.6 Å². The van der Waals surface area contributed by atoms with Crippen molar-refractivity contribution >= 4 is 0 Å². The molecule has 0 spiro atoms. The second kappa shape index (κ2) is 6.06. The zero-order valence-corrected chi connectivity index (χ0v) is 13.2. The zero-order chi connectivity index (χ0) is 14.7. The number of rotatable bonds is 5. The Balaban J connectivity index is 2.54. The summed E-state index contributed by atoms with van der Waals surface area (Å²) in [7, 11) is 0. The van der Waals surface area contributed by atoms with Crippen LogP contribution < -0.4 is 5.32 Å². The molecular weight excluding hydrogens is 238 g/mol. The van der Waals surface area contributed by atoms with Crippen LogP contribution in [0.4, 0.5) is 0 Å². The topological polar surface area (TPSA) is 50.1 Å². The lowest BCUT2D eigenvalue weighted by molar-refractivity contribution is 0.198. The van der Waals surface area contributed by atoms with Crippen molar-refractivity contribution < 1.29 is 5.11 Å². The SMILES string of the molecule is CC(C)(C)CC(CO)NCc1cnn(C(C)(C)C)c1. The second-order valence-corrected chi connectivity index (χ2v) is 7.49. The second-order valence-electron chi connectivity index (χ2n) is 7.49. The first-order valence-corrected chi connectivity index (χ1v) is 7.00. The lowest BCUT2D eigenvalue weighted by atomic mass is 9.88. The zero-order valence-electron chi connectivity index (χ0n) is 13.2. The predicted molar refractivity (Wildman–Crippen MR) is 79.0 cm³/mol. The summed E-state index contributed by atoms with van der Waals surface area (Å²) >= 11 is 0. The van der Waals surface area contributed by atoms with Crippen LogP contribution in [0.3, 0.4) is 0 Å².